The summed E-state index contributed by atoms with van der Waals surface area (Å²) in [5.74, 6) is 0.00346. The second-order valence-corrected chi connectivity index (χ2v) is 10.5. The summed E-state index contributed by atoms with van der Waals surface area (Å²) in [7, 11) is -3.87. The van der Waals surface area contributed by atoms with Crippen molar-refractivity contribution in [3.05, 3.63) is 87.4 Å². The minimum atomic E-state index is -3.87. The highest BCUT2D eigenvalue weighted by Gasteiger charge is 2.30. The van der Waals surface area contributed by atoms with Crippen molar-refractivity contribution in [2.45, 2.75) is 37.3 Å². The zero-order valence-corrected chi connectivity index (χ0v) is 21.0. The van der Waals surface area contributed by atoms with Crippen LogP contribution in [0.25, 0.3) is 0 Å². The van der Waals surface area contributed by atoms with E-state index < -0.39 is 10.0 Å². The number of sulfonamides is 1. The van der Waals surface area contributed by atoms with Gasteiger partial charge in [-0.25, -0.2) is 8.42 Å². The van der Waals surface area contributed by atoms with Crippen LogP contribution in [0.3, 0.4) is 0 Å². The van der Waals surface area contributed by atoms with Crippen LogP contribution in [0, 0.1) is 0 Å². The largest absolute Gasteiger partial charge is 0.378 e. The van der Waals surface area contributed by atoms with Gasteiger partial charge < -0.3 is 10.1 Å². The average Bonchev–Trinajstić information content (AvgIpc) is 2.81. The molecule has 6 nitrogen and oxygen atoms in total. The third-order valence-electron chi connectivity index (χ3n) is 5.69. The lowest BCUT2D eigenvalue weighted by Gasteiger charge is -2.33. The maximum atomic E-state index is 13.1. The lowest BCUT2D eigenvalue weighted by molar-refractivity contribution is 0.0497. The molecule has 0 fully saturated rings. The number of hydrogen-bond acceptors (Lipinski definition) is 5. The van der Waals surface area contributed by atoms with Crippen molar-refractivity contribution in [1.29, 1.82) is 0 Å². The lowest BCUT2D eigenvalue weighted by Crippen LogP contribution is -2.24. The standard InChI is InChI=1S/C25H24Cl2N2O4S/c1-3-33-25-14-24(17-6-4-5-16(11-17)15(2)30)28-23-10-8-19(13-20(23)25)34(31,32)29-18-7-9-21(26)22(27)12-18/h4-13,24-25,28-29H,3,14H2,1-2H3. The zero-order chi connectivity index (χ0) is 24.5. The van der Waals surface area contributed by atoms with E-state index in [4.69, 9.17) is 27.9 Å². The maximum absolute atomic E-state index is 13.1. The monoisotopic (exact) mass is 518 g/mol. The Morgan fingerprint density at radius 2 is 1.88 bits per heavy atom. The molecule has 3 aromatic rings. The topological polar surface area (TPSA) is 84.5 Å². The zero-order valence-electron chi connectivity index (χ0n) is 18.6. The van der Waals surface area contributed by atoms with Crippen LogP contribution in [0.2, 0.25) is 10.0 Å². The van der Waals surface area contributed by atoms with Crippen LogP contribution >= 0.6 is 23.2 Å². The van der Waals surface area contributed by atoms with Crippen LogP contribution in [0.1, 0.15) is 53.9 Å². The molecule has 178 valence electrons. The molecule has 34 heavy (non-hydrogen) atoms. The van der Waals surface area contributed by atoms with Gasteiger partial charge in [-0.05, 0) is 61.9 Å². The van der Waals surface area contributed by atoms with Crippen molar-refractivity contribution in [2.75, 3.05) is 16.6 Å². The first-order valence-electron chi connectivity index (χ1n) is 10.8. The molecular formula is C25H24Cl2N2O4S. The summed E-state index contributed by atoms with van der Waals surface area (Å²) < 4.78 is 34.7. The van der Waals surface area contributed by atoms with Gasteiger partial charge in [-0.2, -0.15) is 0 Å². The summed E-state index contributed by atoms with van der Waals surface area (Å²) in [6, 6.07) is 16.9. The van der Waals surface area contributed by atoms with Gasteiger partial charge in [0.1, 0.15) is 0 Å². The summed E-state index contributed by atoms with van der Waals surface area (Å²) in [5.41, 5.74) is 3.49. The summed E-state index contributed by atoms with van der Waals surface area (Å²) in [6.07, 6.45) is 0.277. The van der Waals surface area contributed by atoms with Crippen LogP contribution < -0.4 is 10.0 Å². The van der Waals surface area contributed by atoms with E-state index in [1.807, 2.05) is 25.1 Å². The Hall–Kier alpha value is -2.58. The Balaban J connectivity index is 1.65. The minimum Gasteiger partial charge on any atom is -0.378 e. The van der Waals surface area contributed by atoms with Gasteiger partial charge in [-0.15, -0.1) is 0 Å². The Morgan fingerprint density at radius 1 is 1.09 bits per heavy atom. The molecule has 0 amide bonds. The molecule has 1 heterocycles. The van der Waals surface area contributed by atoms with Crippen molar-refractivity contribution in [3.8, 4) is 0 Å². The van der Waals surface area contributed by atoms with Crippen molar-refractivity contribution < 1.29 is 17.9 Å². The highest BCUT2D eigenvalue weighted by Crippen LogP contribution is 2.42. The molecular weight excluding hydrogens is 495 g/mol. The fourth-order valence-electron chi connectivity index (χ4n) is 4.02. The molecule has 4 rings (SSSR count). The summed E-state index contributed by atoms with van der Waals surface area (Å²) in [5, 5.41) is 4.07. The van der Waals surface area contributed by atoms with Crippen molar-refractivity contribution in [1.82, 2.24) is 0 Å². The fraction of sp³-hybridized carbons (Fsp3) is 0.240. The van der Waals surface area contributed by atoms with E-state index in [1.54, 1.807) is 37.3 Å². The van der Waals surface area contributed by atoms with Gasteiger partial charge >= 0.3 is 0 Å². The van der Waals surface area contributed by atoms with E-state index in [1.165, 1.54) is 12.1 Å². The number of Topliss-reactive ketones (excluding diaryl/α,β-unsaturated/α-hetero) is 1. The molecule has 2 unspecified atom stereocenters. The van der Waals surface area contributed by atoms with Crippen molar-refractivity contribution >= 4 is 50.4 Å². The molecule has 0 saturated carbocycles. The van der Waals surface area contributed by atoms with Gasteiger partial charge in [0.15, 0.2) is 5.78 Å². The summed E-state index contributed by atoms with van der Waals surface area (Å²) in [6.45, 7) is 3.92. The first-order valence-corrected chi connectivity index (χ1v) is 13.0. The molecule has 3 aromatic carbocycles. The van der Waals surface area contributed by atoms with E-state index in [9.17, 15) is 13.2 Å². The molecule has 0 aromatic heterocycles. The number of halogens is 2. The number of anilines is 2. The smallest absolute Gasteiger partial charge is 0.261 e. The van der Waals surface area contributed by atoms with Gasteiger partial charge in [0.05, 0.1) is 32.8 Å². The van der Waals surface area contributed by atoms with Crippen LogP contribution in [-0.2, 0) is 14.8 Å². The fourth-order valence-corrected chi connectivity index (χ4v) is 5.40. The second kappa shape index (κ2) is 9.96. The first kappa shape index (κ1) is 24.5. The predicted octanol–water partition coefficient (Wildman–Crippen LogP) is 6.63. The molecule has 9 heteroatoms. The van der Waals surface area contributed by atoms with E-state index in [-0.39, 0.29) is 27.8 Å². The van der Waals surface area contributed by atoms with E-state index >= 15 is 0 Å². The minimum absolute atomic E-state index is 0.00346. The van der Waals surface area contributed by atoms with Crippen LogP contribution in [0.4, 0.5) is 11.4 Å². The molecule has 2 N–H and O–H groups in total. The number of fused-ring (bicyclic) bond motifs is 1. The Morgan fingerprint density at radius 3 is 2.59 bits per heavy atom. The number of benzene rings is 3. The van der Waals surface area contributed by atoms with Crippen LogP contribution in [-0.4, -0.2) is 20.8 Å². The van der Waals surface area contributed by atoms with Gasteiger partial charge in [0.2, 0.25) is 0 Å². The average molecular weight is 519 g/mol. The molecule has 1 aliphatic rings. The molecule has 2 atom stereocenters. The Kier molecular flexibility index (Phi) is 7.19. The first-order chi connectivity index (χ1) is 16.2. The SMILES string of the molecule is CCOC1CC(c2cccc(C(C)=O)c2)Nc2ccc(S(=O)(=O)Nc3ccc(Cl)c(Cl)c3)cc21. The van der Waals surface area contributed by atoms with E-state index in [0.717, 1.165) is 16.8 Å². The van der Waals surface area contributed by atoms with Crippen molar-refractivity contribution in [2.24, 2.45) is 0 Å². The van der Waals surface area contributed by atoms with Crippen LogP contribution in [0.5, 0.6) is 0 Å². The van der Waals surface area contributed by atoms with Gasteiger partial charge in [0.25, 0.3) is 10.0 Å². The van der Waals surface area contributed by atoms with Gasteiger partial charge in [-0.3, -0.25) is 9.52 Å². The summed E-state index contributed by atoms with van der Waals surface area (Å²) in [4.78, 5) is 11.9. The Bertz CT molecular complexity index is 1340. The maximum Gasteiger partial charge on any atom is 0.261 e. The predicted molar refractivity (Wildman–Crippen MR) is 136 cm³/mol. The van der Waals surface area contributed by atoms with E-state index in [0.29, 0.717) is 29.3 Å². The number of ether oxygens (including phenoxy) is 1. The number of ketones is 1. The molecule has 0 bridgehead atoms. The second-order valence-electron chi connectivity index (χ2n) is 8.04. The molecule has 0 spiro atoms. The third kappa shape index (κ3) is 5.23. The molecule has 0 saturated heterocycles. The highest BCUT2D eigenvalue weighted by molar-refractivity contribution is 7.92. The quantitative estimate of drug-likeness (QED) is 0.342. The lowest BCUT2D eigenvalue weighted by atomic mass is 9.90. The summed E-state index contributed by atoms with van der Waals surface area (Å²) >= 11 is 11.9. The molecule has 0 aliphatic carbocycles. The third-order valence-corrected chi connectivity index (χ3v) is 7.81. The number of rotatable bonds is 7. The number of carbonyl (C=O) groups excluding carboxylic acids is 1. The van der Waals surface area contributed by atoms with Crippen molar-refractivity contribution in [3.63, 3.8) is 0 Å². The Labute approximate surface area is 209 Å². The van der Waals surface area contributed by atoms with Gasteiger partial charge in [-0.1, -0.05) is 41.4 Å². The number of hydrogen-bond donors (Lipinski definition) is 2. The normalized spacial score (nSPS) is 17.5. The number of carbonyl (C=O) groups is 1. The number of nitrogens with one attached hydrogen (secondary N) is 2. The van der Waals surface area contributed by atoms with Crippen LogP contribution in [0.15, 0.2) is 65.6 Å². The molecule has 0 radical (unpaired) electrons. The van der Waals surface area contributed by atoms with Gasteiger partial charge in [0, 0.05) is 29.8 Å². The van der Waals surface area contributed by atoms with E-state index in [2.05, 4.69) is 10.0 Å². The highest BCUT2D eigenvalue weighted by atomic mass is 35.5. The molecule has 1 aliphatic heterocycles.